The molecule has 0 unspecified atom stereocenters. The van der Waals surface area contributed by atoms with E-state index in [0.29, 0.717) is 16.7 Å². The molecule has 5 nitrogen and oxygen atoms in total. The minimum absolute atomic E-state index is 0.0989. The quantitative estimate of drug-likeness (QED) is 0.702. The highest BCUT2D eigenvalue weighted by Crippen LogP contribution is 2.32. The zero-order chi connectivity index (χ0) is 17.1. The van der Waals surface area contributed by atoms with E-state index in [2.05, 4.69) is 29.1 Å². The van der Waals surface area contributed by atoms with Gasteiger partial charge in [-0.3, -0.25) is 9.78 Å². The minimum atomic E-state index is -0.0989. The van der Waals surface area contributed by atoms with Crippen molar-refractivity contribution >= 4 is 27.5 Å². The molecule has 2 aromatic heterocycles. The summed E-state index contributed by atoms with van der Waals surface area (Å²) in [6.07, 6.45) is 1.97. The van der Waals surface area contributed by atoms with Crippen molar-refractivity contribution in [3.05, 3.63) is 40.7 Å². The molecule has 24 heavy (non-hydrogen) atoms. The molecule has 0 saturated heterocycles. The van der Waals surface area contributed by atoms with Gasteiger partial charge in [-0.15, -0.1) is 11.3 Å². The Morgan fingerprint density at radius 1 is 1.25 bits per heavy atom. The van der Waals surface area contributed by atoms with Gasteiger partial charge in [0.15, 0.2) is 0 Å². The molecule has 0 aliphatic rings. The summed E-state index contributed by atoms with van der Waals surface area (Å²) < 4.78 is 5.83. The minimum Gasteiger partial charge on any atom is -0.497 e. The average molecular weight is 343 g/mol. The Balaban J connectivity index is 1.98. The lowest BCUT2D eigenvalue weighted by Gasteiger charge is -2.14. The second-order valence-corrected chi connectivity index (χ2v) is 6.68. The maximum atomic E-state index is 12.4. The summed E-state index contributed by atoms with van der Waals surface area (Å²) in [6.45, 7) is 4.23. The van der Waals surface area contributed by atoms with Crippen LogP contribution in [0, 0.1) is 0 Å². The van der Waals surface area contributed by atoms with Crippen LogP contribution in [0.15, 0.2) is 35.1 Å². The maximum absolute atomic E-state index is 12.4. The Morgan fingerprint density at radius 2 is 1.96 bits per heavy atom. The fourth-order valence-electron chi connectivity index (χ4n) is 2.59. The summed E-state index contributed by atoms with van der Waals surface area (Å²) in [6, 6.07) is 10.1. The number of ether oxygens (including phenoxy) is 1. The summed E-state index contributed by atoms with van der Waals surface area (Å²) in [7, 11) is 1.65. The molecule has 6 heteroatoms. The Labute approximate surface area is 144 Å². The number of H-pyrrole nitrogens is 1. The van der Waals surface area contributed by atoms with Crippen LogP contribution in [0.5, 0.6) is 5.75 Å². The molecule has 0 saturated carbocycles. The summed E-state index contributed by atoms with van der Waals surface area (Å²) in [5.41, 5.74) is 1.67. The van der Waals surface area contributed by atoms with Crippen LogP contribution in [0.1, 0.15) is 26.7 Å². The van der Waals surface area contributed by atoms with E-state index in [-0.39, 0.29) is 5.56 Å². The van der Waals surface area contributed by atoms with Gasteiger partial charge in [-0.2, -0.15) is 0 Å². The number of fused-ring (bicyclic) bond motifs is 1. The van der Waals surface area contributed by atoms with Crippen LogP contribution in [0.3, 0.4) is 0 Å². The van der Waals surface area contributed by atoms with Crippen LogP contribution in [-0.2, 0) is 0 Å². The van der Waals surface area contributed by atoms with Crippen molar-refractivity contribution in [2.24, 2.45) is 0 Å². The topological polar surface area (TPSA) is 67.0 Å². The van der Waals surface area contributed by atoms with E-state index in [1.54, 1.807) is 7.11 Å². The highest BCUT2D eigenvalue weighted by molar-refractivity contribution is 7.22. The third kappa shape index (κ3) is 3.28. The third-order valence-corrected chi connectivity index (χ3v) is 5.26. The molecule has 3 rings (SSSR count). The van der Waals surface area contributed by atoms with E-state index >= 15 is 0 Å². The lowest BCUT2D eigenvalue weighted by Crippen LogP contribution is -2.21. The molecular formula is C18H21N3O2S. The standard InChI is InChI=1S/C18H21N3O2S/c1-4-12(5-2)19-18-20-14-10-15(24-16(14)17(22)21-18)11-6-8-13(23-3)9-7-11/h6-10,12H,4-5H2,1-3H3,(H2,19,20,21,22). The molecular weight excluding hydrogens is 322 g/mol. The van der Waals surface area contributed by atoms with Crippen LogP contribution in [0.4, 0.5) is 5.95 Å². The summed E-state index contributed by atoms with van der Waals surface area (Å²) in [5, 5.41) is 3.30. The van der Waals surface area contributed by atoms with Gasteiger partial charge in [0.25, 0.3) is 5.56 Å². The van der Waals surface area contributed by atoms with E-state index in [4.69, 9.17) is 4.74 Å². The van der Waals surface area contributed by atoms with Gasteiger partial charge >= 0.3 is 0 Å². The second kappa shape index (κ2) is 7.05. The lowest BCUT2D eigenvalue weighted by atomic mass is 10.2. The number of rotatable bonds is 6. The largest absolute Gasteiger partial charge is 0.497 e. The van der Waals surface area contributed by atoms with Crippen molar-refractivity contribution in [1.29, 1.82) is 0 Å². The Kier molecular flexibility index (Phi) is 4.85. The van der Waals surface area contributed by atoms with Crippen molar-refractivity contribution in [3.63, 3.8) is 0 Å². The molecule has 0 aliphatic carbocycles. The smallest absolute Gasteiger partial charge is 0.270 e. The third-order valence-electron chi connectivity index (χ3n) is 4.08. The van der Waals surface area contributed by atoms with Gasteiger partial charge in [-0.05, 0) is 48.7 Å². The van der Waals surface area contributed by atoms with Gasteiger partial charge in [-0.1, -0.05) is 13.8 Å². The van der Waals surface area contributed by atoms with Crippen LogP contribution in [0.2, 0.25) is 0 Å². The lowest BCUT2D eigenvalue weighted by molar-refractivity contribution is 0.415. The van der Waals surface area contributed by atoms with Crippen molar-refractivity contribution in [1.82, 2.24) is 9.97 Å². The number of anilines is 1. The monoisotopic (exact) mass is 343 g/mol. The number of thiophene rings is 1. The first-order chi connectivity index (χ1) is 11.6. The van der Waals surface area contributed by atoms with E-state index in [9.17, 15) is 4.79 Å². The van der Waals surface area contributed by atoms with Crippen LogP contribution < -0.4 is 15.6 Å². The molecule has 2 N–H and O–H groups in total. The maximum Gasteiger partial charge on any atom is 0.270 e. The predicted molar refractivity (Wildman–Crippen MR) is 100 cm³/mol. The predicted octanol–water partition coefficient (Wildman–Crippen LogP) is 4.26. The van der Waals surface area contributed by atoms with Crippen molar-refractivity contribution in [2.75, 3.05) is 12.4 Å². The molecule has 126 valence electrons. The fraction of sp³-hybridized carbons (Fsp3) is 0.333. The zero-order valence-corrected chi connectivity index (χ0v) is 14.9. The zero-order valence-electron chi connectivity index (χ0n) is 14.1. The Hall–Kier alpha value is -2.34. The van der Waals surface area contributed by atoms with Gasteiger partial charge in [-0.25, -0.2) is 4.98 Å². The molecule has 0 aliphatic heterocycles. The molecule has 0 fully saturated rings. The van der Waals surface area contributed by atoms with Crippen LogP contribution in [0.25, 0.3) is 20.7 Å². The summed E-state index contributed by atoms with van der Waals surface area (Å²) in [5.74, 6) is 1.35. The van der Waals surface area contributed by atoms with Crippen molar-refractivity contribution in [2.45, 2.75) is 32.7 Å². The van der Waals surface area contributed by atoms with Crippen LogP contribution >= 0.6 is 11.3 Å². The number of aromatic amines is 1. The number of nitrogens with one attached hydrogen (secondary N) is 2. The highest BCUT2D eigenvalue weighted by Gasteiger charge is 2.12. The number of benzene rings is 1. The molecule has 3 aromatic rings. The second-order valence-electron chi connectivity index (χ2n) is 5.63. The molecule has 0 atom stereocenters. The van der Waals surface area contributed by atoms with Gasteiger partial charge in [0, 0.05) is 10.9 Å². The van der Waals surface area contributed by atoms with Crippen molar-refractivity contribution < 1.29 is 4.74 Å². The fourth-order valence-corrected chi connectivity index (χ4v) is 3.59. The first-order valence-corrected chi connectivity index (χ1v) is 8.91. The van der Waals surface area contributed by atoms with Crippen LogP contribution in [-0.4, -0.2) is 23.1 Å². The molecule has 2 heterocycles. The SMILES string of the molecule is CCC(CC)Nc1nc2cc(-c3ccc(OC)cc3)sc2c(=O)[nH]1. The molecule has 1 aromatic carbocycles. The van der Waals surface area contributed by atoms with Gasteiger partial charge in [0.2, 0.25) is 5.95 Å². The van der Waals surface area contributed by atoms with Gasteiger partial charge in [0.1, 0.15) is 10.4 Å². The highest BCUT2D eigenvalue weighted by atomic mass is 32.1. The first-order valence-electron chi connectivity index (χ1n) is 8.09. The summed E-state index contributed by atoms with van der Waals surface area (Å²) >= 11 is 1.45. The van der Waals surface area contributed by atoms with E-state index < -0.39 is 0 Å². The Bertz CT molecular complexity index is 879. The number of methoxy groups -OCH3 is 1. The van der Waals surface area contributed by atoms with E-state index in [1.165, 1.54) is 11.3 Å². The van der Waals surface area contributed by atoms with E-state index in [1.807, 2.05) is 30.3 Å². The normalized spacial score (nSPS) is 11.2. The molecule has 0 amide bonds. The number of hydrogen-bond acceptors (Lipinski definition) is 5. The van der Waals surface area contributed by atoms with Crippen molar-refractivity contribution in [3.8, 4) is 16.2 Å². The summed E-state index contributed by atoms with van der Waals surface area (Å²) in [4.78, 5) is 20.8. The molecule has 0 spiro atoms. The van der Waals surface area contributed by atoms with E-state index in [0.717, 1.165) is 34.5 Å². The molecule has 0 radical (unpaired) electrons. The number of nitrogens with zero attached hydrogens (tertiary/aromatic N) is 1. The number of aromatic nitrogens is 2. The Morgan fingerprint density at radius 3 is 2.58 bits per heavy atom. The average Bonchev–Trinajstić information content (AvgIpc) is 3.04. The first kappa shape index (κ1) is 16.5. The molecule has 0 bridgehead atoms. The van der Waals surface area contributed by atoms with Gasteiger partial charge in [0.05, 0.1) is 12.6 Å². The van der Waals surface area contributed by atoms with Gasteiger partial charge < -0.3 is 10.1 Å². The number of hydrogen-bond donors (Lipinski definition) is 2.